The summed E-state index contributed by atoms with van der Waals surface area (Å²) >= 11 is 0. The first kappa shape index (κ1) is 21.7. The van der Waals surface area contributed by atoms with E-state index in [1.54, 1.807) is 12.1 Å². The van der Waals surface area contributed by atoms with E-state index in [0.29, 0.717) is 12.2 Å². The number of anilines is 3. The Bertz CT molecular complexity index is 1090. The fraction of sp³-hybridized carbons (Fsp3) is 0.0909. The third-order valence-electron chi connectivity index (χ3n) is 4.32. The Labute approximate surface area is 176 Å². The zero-order chi connectivity index (χ0) is 22.4. The molecule has 5 N–H and O–H groups in total. The van der Waals surface area contributed by atoms with Crippen LogP contribution in [0.5, 0.6) is 0 Å². The van der Waals surface area contributed by atoms with Gasteiger partial charge in [-0.15, -0.1) is 0 Å². The number of halogens is 3. The Hall–Kier alpha value is -4.01. The third-order valence-corrected chi connectivity index (χ3v) is 4.32. The van der Waals surface area contributed by atoms with E-state index in [4.69, 9.17) is 5.73 Å². The number of hydrogen-bond donors (Lipinski definition) is 4. The molecule has 0 aromatic heterocycles. The van der Waals surface area contributed by atoms with E-state index in [-0.39, 0.29) is 16.9 Å². The molecule has 0 fully saturated rings. The quantitative estimate of drug-likeness (QED) is 0.442. The molecule has 0 bridgehead atoms. The van der Waals surface area contributed by atoms with Crippen molar-refractivity contribution in [2.75, 3.05) is 16.0 Å². The number of benzene rings is 3. The number of carbonyl (C=O) groups is 2. The topological polar surface area (TPSA) is 96.2 Å². The van der Waals surface area contributed by atoms with Crippen LogP contribution in [0.4, 0.5) is 35.0 Å². The van der Waals surface area contributed by atoms with E-state index >= 15 is 0 Å². The molecule has 0 aliphatic rings. The Balaban J connectivity index is 1.69. The van der Waals surface area contributed by atoms with Gasteiger partial charge in [0, 0.05) is 23.6 Å². The minimum absolute atomic E-state index is 0.0244. The SMILES string of the molecule is NC(=O)c1cc(NC(=O)Nc2cccc(C(F)(F)F)c2)ccc1NCc1ccccc1. The molecule has 0 unspecified atom stereocenters. The van der Waals surface area contributed by atoms with Crippen molar-refractivity contribution in [1.82, 2.24) is 0 Å². The molecule has 0 spiro atoms. The Morgan fingerprint density at radius 2 is 1.52 bits per heavy atom. The molecule has 0 heterocycles. The van der Waals surface area contributed by atoms with Crippen LogP contribution < -0.4 is 21.7 Å². The second-order valence-corrected chi connectivity index (χ2v) is 6.62. The summed E-state index contributed by atoms with van der Waals surface area (Å²) in [5.41, 5.74) is 6.45. The zero-order valence-corrected chi connectivity index (χ0v) is 16.2. The molecule has 3 rings (SSSR count). The average molecular weight is 428 g/mol. The number of nitrogens with two attached hydrogens (primary N) is 1. The van der Waals surface area contributed by atoms with Crippen LogP contribution >= 0.6 is 0 Å². The van der Waals surface area contributed by atoms with E-state index in [2.05, 4.69) is 16.0 Å². The molecule has 3 amide bonds. The summed E-state index contributed by atoms with van der Waals surface area (Å²) in [6.07, 6.45) is -4.52. The molecule has 31 heavy (non-hydrogen) atoms. The highest BCUT2D eigenvalue weighted by atomic mass is 19.4. The highest BCUT2D eigenvalue weighted by Crippen LogP contribution is 2.30. The van der Waals surface area contributed by atoms with Crippen molar-refractivity contribution < 1.29 is 22.8 Å². The van der Waals surface area contributed by atoms with Crippen molar-refractivity contribution in [3.05, 3.63) is 89.5 Å². The summed E-state index contributed by atoms with van der Waals surface area (Å²) in [4.78, 5) is 24.0. The van der Waals surface area contributed by atoms with Gasteiger partial charge >= 0.3 is 12.2 Å². The first-order chi connectivity index (χ1) is 14.7. The number of primary amides is 1. The monoisotopic (exact) mass is 428 g/mol. The maximum Gasteiger partial charge on any atom is 0.416 e. The minimum atomic E-state index is -4.52. The van der Waals surface area contributed by atoms with Crippen molar-refractivity contribution in [2.24, 2.45) is 5.73 Å². The highest BCUT2D eigenvalue weighted by molar-refractivity contribution is 6.03. The number of amides is 3. The molecule has 3 aromatic carbocycles. The number of alkyl halides is 3. The number of nitrogens with one attached hydrogen (secondary N) is 3. The van der Waals surface area contributed by atoms with E-state index in [1.165, 1.54) is 18.2 Å². The van der Waals surface area contributed by atoms with Gasteiger partial charge in [-0.25, -0.2) is 4.79 Å². The third kappa shape index (κ3) is 5.99. The van der Waals surface area contributed by atoms with Crippen molar-refractivity contribution in [1.29, 1.82) is 0 Å². The van der Waals surface area contributed by atoms with Crippen LogP contribution in [0, 0.1) is 0 Å². The van der Waals surface area contributed by atoms with Crippen LogP contribution in [0.15, 0.2) is 72.8 Å². The summed E-state index contributed by atoms with van der Waals surface area (Å²) in [6.45, 7) is 0.462. The van der Waals surface area contributed by atoms with Gasteiger partial charge in [-0.2, -0.15) is 13.2 Å². The Morgan fingerprint density at radius 3 is 2.16 bits per heavy atom. The summed E-state index contributed by atoms with van der Waals surface area (Å²) < 4.78 is 38.4. The van der Waals surface area contributed by atoms with Crippen LogP contribution in [-0.4, -0.2) is 11.9 Å². The summed E-state index contributed by atoms with van der Waals surface area (Å²) in [5, 5.41) is 7.92. The summed E-state index contributed by atoms with van der Waals surface area (Å²) in [5.74, 6) is -0.697. The number of hydrogen-bond acceptors (Lipinski definition) is 3. The highest BCUT2D eigenvalue weighted by Gasteiger charge is 2.30. The van der Waals surface area contributed by atoms with Crippen LogP contribution in [0.2, 0.25) is 0 Å². The van der Waals surface area contributed by atoms with E-state index in [9.17, 15) is 22.8 Å². The molecular formula is C22H19F3N4O2. The second-order valence-electron chi connectivity index (χ2n) is 6.62. The van der Waals surface area contributed by atoms with Gasteiger partial charge in [0.1, 0.15) is 0 Å². The van der Waals surface area contributed by atoms with Gasteiger partial charge in [-0.1, -0.05) is 36.4 Å². The van der Waals surface area contributed by atoms with E-state index in [0.717, 1.165) is 17.7 Å². The van der Waals surface area contributed by atoms with Gasteiger partial charge in [0.05, 0.1) is 11.1 Å². The Morgan fingerprint density at radius 1 is 0.839 bits per heavy atom. The first-order valence-electron chi connectivity index (χ1n) is 9.19. The normalized spacial score (nSPS) is 10.9. The van der Waals surface area contributed by atoms with Gasteiger partial charge in [0.2, 0.25) is 0 Å². The van der Waals surface area contributed by atoms with E-state index < -0.39 is 23.7 Å². The maximum atomic E-state index is 12.8. The van der Waals surface area contributed by atoms with Crippen molar-refractivity contribution >= 4 is 29.0 Å². The second kappa shape index (κ2) is 9.21. The van der Waals surface area contributed by atoms with Crippen molar-refractivity contribution in [3.63, 3.8) is 0 Å². The fourth-order valence-corrected chi connectivity index (χ4v) is 2.84. The molecule has 0 radical (unpaired) electrons. The smallest absolute Gasteiger partial charge is 0.380 e. The molecule has 0 atom stereocenters. The molecule has 6 nitrogen and oxygen atoms in total. The number of rotatable bonds is 6. The Kier molecular flexibility index (Phi) is 6.44. The fourth-order valence-electron chi connectivity index (χ4n) is 2.84. The summed E-state index contributed by atoms with van der Waals surface area (Å²) in [6, 6.07) is 17.5. The van der Waals surface area contributed by atoms with E-state index in [1.807, 2.05) is 30.3 Å². The van der Waals surface area contributed by atoms with Crippen LogP contribution in [0.3, 0.4) is 0 Å². The number of urea groups is 1. The molecule has 160 valence electrons. The lowest BCUT2D eigenvalue weighted by Gasteiger charge is -2.14. The first-order valence-corrected chi connectivity index (χ1v) is 9.19. The molecule has 0 aliphatic heterocycles. The summed E-state index contributed by atoms with van der Waals surface area (Å²) in [7, 11) is 0. The lowest BCUT2D eigenvalue weighted by molar-refractivity contribution is -0.137. The molecule has 0 saturated carbocycles. The number of carbonyl (C=O) groups excluding carboxylic acids is 2. The van der Waals surface area contributed by atoms with Gasteiger partial charge in [-0.05, 0) is 42.0 Å². The van der Waals surface area contributed by atoms with Crippen LogP contribution in [0.1, 0.15) is 21.5 Å². The van der Waals surface area contributed by atoms with Gasteiger partial charge in [0.15, 0.2) is 0 Å². The minimum Gasteiger partial charge on any atom is -0.380 e. The lowest BCUT2D eigenvalue weighted by atomic mass is 10.1. The van der Waals surface area contributed by atoms with Gasteiger partial charge in [-0.3, -0.25) is 4.79 Å². The van der Waals surface area contributed by atoms with Crippen molar-refractivity contribution in [3.8, 4) is 0 Å². The van der Waals surface area contributed by atoms with Gasteiger partial charge < -0.3 is 21.7 Å². The molecular weight excluding hydrogens is 409 g/mol. The molecule has 0 aliphatic carbocycles. The van der Waals surface area contributed by atoms with Crippen LogP contribution in [0.25, 0.3) is 0 Å². The predicted molar refractivity (Wildman–Crippen MR) is 113 cm³/mol. The average Bonchev–Trinajstić information content (AvgIpc) is 2.73. The maximum absolute atomic E-state index is 12.8. The standard InChI is InChI=1S/C22H19F3N4O2/c23-22(24,25)15-7-4-8-16(11-15)28-21(31)29-17-9-10-19(18(12-17)20(26)30)27-13-14-5-2-1-3-6-14/h1-12,27H,13H2,(H2,26,30)(H2,28,29,31). The zero-order valence-electron chi connectivity index (χ0n) is 16.2. The predicted octanol–water partition coefficient (Wildman–Crippen LogP) is 5.06. The van der Waals surface area contributed by atoms with Crippen LogP contribution in [-0.2, 0) is 12.7 Å². The van der Waals surface area contributed by atoms with Crippen molar-refractivity contribution in [2.45, 2.75) is 12.7 Å². The largest absolute Gasteiger partial charge is 0.416 e. The molecule has 0 saturated heterocycles. The molecule has 9 heteroatoms. The molecule has 3 aromatic rings. The van der Waals surface area contributed by atoms with Gasteiger partial charge in [0.25, 0.3) is 5.91 Å². The lowest BCUT2D eigenvalue weighted by Crippen LogP contribution is -2.21.